The molecule has 1 rings (SSSR count). The first kappa shape index (κ1) is 13.6. The molecule has 0 aromatic carbocycles. The topological polar surface area (TPSA) is 62.7 Å². The van der Waals surface area contributed by atoms with Gasteiger partial charge in [0.25, 0.3) is 0 Å². The van der Waals surface area contributed by atoms with Gasteiger partial charge < -0.3 is 9.84 Å². The minimum Gasteiger partial charge on any atom is -0.480 e. The molecule has 0 unspecified atom stereocenters. The lowest BCUT2D eigenvalue weighted by Gasteiger charge is -2.19. The summed E-state index contributed by atoms with van der Waals surface area (Å²) in [5.41, 5.74) is 1.16. The molecule has 0 amide bonds. The molecule has 0 fully saturated rings. The predicted octanol–water partition coefficient (Wildman–Crippen LogP) is 0.657. The smallest absolute Gasteiger partial charge is 0.317 e. The Labute approximate surface area is 101 Å². The molecule has 0 atom stereocenters. The van der Waals surface area contributed by atoms with Crippen molar-refractivity contribution in [1.82, 2.24) is 9.88 Å². The molecule has 5 heteroatoms. The van der Waals surface area contributed by atoms with Crippen LogP contribution in [0.2, 0.25) is 0 Å². The number of pyridine rings is 1. The lowest BCUT2D eigenvalue weighted by molar-refractivity contribution is -0.138. The highest BCUT2D eigenvalue weighted by Gasteiger charge is 2.09. The average molecular weight is 238 g/mol. The first-order valence-electron chi connectivity index (χ1n) is 5.54. The maximum Gasteiger partial charge on any atom is 0.317 e. The minimum atomic E-state index is -0.809. The molecule has 94 valence electrons. The van der Waals surface area contributed by atoms with E-state index in [0.29, 0.717) is 19.7 Å². The number of hydrogen-bond donors (Lipinski definition) is 1. The number of carboxylic acids is 1. The maximum atomic E-state index is 10.7. The Morgan fingerprint density at radius 1 is 1.41 bits per heavy atom. The number of carboxylic acid groups (broad SMARTS) is 1. The maximum absolute atomic E-state index is 10.7. The van der Waals surface area contributed by atoms with E-state index in [2.05, 4.69) is 4.98 Å². The number of hydrogen-bond acceptors (Lipinski definition) is 4. The highest BCUT2D eigenvalue weighted by molar-refractivity contribution is 5.69. The van der Waals surface area contributed by atoms with Gasteiger partial charge in [0, 0.05) is 32.6 Å². The summed E-state index contributed by atoms with van der Waals surface area (Å²) in [6.07, 6.45) is 4.30. The number of aliphatic carboxylic acids is 1. The Hall–Kier alpha value is -1.46. The summed E-state index contributed by atoms with van der Waals surface area (Å²) < 4.78 is 4.96. The van der Waals surface area contributed by atoms with Gasteiger partial charge in [-0.15, -0.1) is 0 Å². The van der Waals surface area contributed by atoms with Crippen LogP contribution in [-0.2, 0) is 16.0 Å². The number of carbonyl (C=O) groups is 1. The van der Waals surface area contributed by atoms with E-state index in [1.54, 1.807) is 19.5 Å². The van der Waals surface area contributed by atoms with Gasteiger partial charge in [-0.1, -0.05) is 0 Å². The molecule has 1 aromatic heterocycles. The van der Waals surface area contributed by atoms with E-state index in [0.717, 1.165) is 12.0 Å². The van der Waals surface area contributed by atoms with Gasteiger partial charge in [-0.2, -0.15) is 0 Å². The molecule has 0 aliphatic carbocycles. The molecular formula is C12H18N2O3. The summed E-state index contributed by atoms with van der Waals surface area (Å²) in [7, 11) is 1.61. The summed E-state index contributed by atoms with van der Waals surface area (Å²) >= 11 is 0. The summed E-state index contributed by atoms with van der Waals surface area (Å²) in [5.74, 6) is -0.809. The second-order valence-electron chi connectivity index (χ2n) is 3.77. The third-order valence-electron chi connectivity index (χ3n) is 2.44. The third kappa shape index (κ3) is 5.99. The Morgan fingerprint density at radius 2 is 2.12 bits per heavy atom. The third-order valence-corrected chi connectivity index (χ3v) is 2.44. The van der Waals surface area contributed by atoms with Gasteiger partial charge in [0.1, 0.15) is 0 Å². The van der Waals surface area contributed by atoms with E-state index >= 15 is 0 Å². The van der Waals surface area contributed by atoms with Gasteiger partial charge in [-0.25, -0.2) is 0 Å². The van der Waals surface area contributed by atoms with Gasteiger partial charge >= 0.3 is 5.97 Å². The number of nitrogens with zero attached hydrogens (tertiary/aromatic N) is 2. The van der Waals surface area contributed by atoms with E-state index < -0.39 is 5.97 Å². The van der Waals surface area contributed by atoms with Crippen molar-refractivity contribution in [3.05, 3.63) is 30.1 Å². The molecule has 1 heterocycles. The zero-order valence-corrected chi connectivity index (χ0v) is 10.0. The van der Waals surface area contributed by atoms with E-state index in [9.17, 15) is 4.79 Å². The SMILES string of the molecule is COCCN(CCc1ccncc1)CC(=O)O. The molecule has 0 saturated heterocycles. The molecule has 17 heavy (non-hydrogen) atoms. The zero-order valence-electron chi connectivity index (χ0n) is 10.0. The molecule has 1 N–H and O–H groups in total. The average Bonchev–Trinajstić information content (AvgIpc) is 2.33. The van der Waals surface area contributed by atoms with Gasteiger partial charge in [-0.05, 0) is 24.1 Å². The minimum absolute atomic E-state index is 0.0500. The highest BCUT2D eigenvalue weighted by atomic mass is 16.5. The number of ether oxygens (including phenoxy) is 1. The Bertz CT molecular complexity index is 330. The van der Waals surface area contributed by atoms with Crippen molar-refractivity contribution < 1.29 is 14.6 Å². The fourth-order valence-electron chi connectivity index (χ4n) is 1.52. The molecular weight excluding hydrogens is 220 g/mol. The standard InChI is InChI=1S/C12H18N2O3/c1-17-9-8-14(10-12(15)16)7-4-11-2-5-13-6-3-11/h2-3,5-6H,4,7-10H2,1H3,(H,15,16). The molecule has 0 bridgehead atoms. The zero-order chi connectivity index (χ0) is 12.5. The second-order valence-corrected chi connectivity index (χ2v) is 3.77. The van der Waals surface area contributed by atoms with Crippen molar-refractivity contribution in [3.8, 4) is 0 Å². The molecule has 0 radical (unpaired) electrons. The van der Waals surface area contributed by atoms with Crippen LogP contribution in [0.15, 0.2) is 24.5 Å². The number of methoxy groups -OCH3 is 1. The molecule has 0 aliphatic rings. The van der Waals surface area contributed by atoms with Crippen LogP contribution in [0.5, 0.6) is 0 Å². The molecule has 0 aliphatic heterocycles. The summed E-state index contributed by atoms with van der Waals surface area (Å²) in [6.45, 7) is 1.94. The van der Waals surface area contributed by atoms with E-state index in [1.807, 2.05) is 17.0 Å². The molecule has 0 spiro atoms. The molecule has 5 nitrogen and oxygen atoms in total. The van der Waals surface area contributed by atoms with E-state index in [1.165, 1.54) is 0 Å². The predicted molar refractivity (Wildman–Crippen MR) is 63.9 cm³/mol. The molecule has 1 aromatic rings. The van der Waals surface area contributed by atoms with Crippen molar-refractivity contribution in [2.24, 2.45) is 0 Å². The van der Waals surface area contributed by atoms with Gasteiger partial charge in [0.05, 0.1) is 13.2 Å². The van der Waals surface area contributed by atoms with Gasteiger partial charge in [-0.3, -0.25) is 14.7 Å². The van der Waals surface area contributed by atoms with Crippen LogP contribution >= 0.6 is 0 Å². The monoisotopic (exact) mass is 238 g/mol. The summed E-state index contributed by atoms with van der Waals surface area (Å²) in [4.78, 5) is 16.5. The van der Waals surface area contributed by atoms with Crippen molar-refractivity contribution in [1.29, 1.82) is 0 Å². The second kappa shape index (κ2) is 7.76. The first-order valence-corrected chi connectivity index (χ1v) is 5.54. The van der Waals surface area contributed by atoms with E-state index in [4.69, 9.17) is 9.84 Å². The number of aromatic nitrogens is 1. The van der Waals surface area contributed by atoms with Crippen LogP contribution < -0.4 is 0 Å². The quantitative estimate of drug-likeness (QED) is 0.720. The normalized spacial score (nSPS) is 10.7. The first-order chi connectivity index (χ1) is 8.22. The van der Waals surface area contributed by atoms with Gasteiger partial charge in [0.2, 0.25) is 0 Å². The van der Waals surface area contributed by atoms with Crippen molar-refractivity contribution in [3.63, 3.8) is 0 Å². The fourth-order valence-corrected chi connectivity index (χ4v) is 1.52. The van der Waals surface area contributed by atoms with Crippen LogP contribution in [-0.4, -0.2) is 54.3 Å². The Balaban J connectivity index is 2.40. The van der Waals surface area contributed by atoms with Crippen LogP contribution in [0, 0.1) is 0 Å². The van der Waals surface area contributed by atoms with Crippen molar-refractivity contribution in [2.75, 3.05) is 33.4 Å². The van der Waals surface area contributed by atoms with Crippen molar-refractivity contribution >= 4 is 5.97 Å². The van der Waals surface area contributed by atoms with E-state index in [-0.39, 0.29) is 6.54 Å². The summed E-state index contributed by atoms with van der Waals surface area (Å²) in [6, 6.07) is 3.88. The summed E-state index contributed by atoms with van der Waals surface area (Å²) in [5, 5.41) is 8.79. The number of rotatable bonds is 8. The Morgan fingerprint density at radius 3 is 2.71 bits per heavy atom. The largest absolute Gasteiger partial charge is 0.480 e. The lowest BCUT2D eigenvalue weighted by Crippen LogP contribution is -2.34. The highest BCUT2D eigenvalue weighted by Crippen LogP contribution is 2.00. The van der Waals surface area contributed by atoms with Gasteiger partial charge in [0.15, 0.2) is 0 Å². The molecule has 0 saturated carbocycles. The fraction of sp³-hybridized carbons (Fsp3) is 0.500. The lowest BCUT2D eigenvalue weighted by atomic mass is 10.2. The van der Waals surface area contributed by atoms with Crippen molar-refractivity contribution in [2.45, 2.75) is 6.42 Å². The van der Waals surface area contributed by atoms with Crippen LogP contribution in [0.4, 0.5) is 0 Å². The van der Waals surface area contributed by atoms with Crippen LogP contribution in [0.25, 0.3) is 0 Å². The van der Waals surface area contributed by atoms with Crippen LogP contribution in [0.1, 0.15) is 5.56 Å². The van der Waals surface area contributed by atoms with Crippen LogP contribution in [0.3, 0.4) is 0 Å². The Kier molecular flexibility index (Phi) is 6.21.